The molecule has 0 aliphatic carbocycles. The van der Waals surface area contributed by atoms with Crippen LogP contribution in [0.3, 0.4) is 0 Å². The van der Waals surface area contributed by atoms with Gasteiger partial charge in [0.1, 0.15) is 6.29 Å². The van der Waals surface area contributed by atoms with Crippen molar-refractivity contribution >= 4 is 30.6 Å². The average molecular weight is 303 g/mol. The molecule has 0 spiro atoms. The lowest BCUT2D eigenvalue weighted by Crippen LogP contribution is -2.39. The summed E-state index contributed by atoms with van der Waals surface area (Å²) in [4.78, 5) is 23.6. The van der Waals surface area contributed by atoms with Gasteiger partial charge >= 0.3 is 7.12 Å². The highest BCUT2D eigenvalue weighted by Crippen LogP contribution is 2.16. The second kappa shape index (κ2) is 7.17. The van der Waals surface area contributed by atoms with Gasteiger partial charge in [0.15, 0.2) is 0 Å². The van der Waals surface area contributed by atoms with Gasteiger partial charge < -0.3 is 15.4 Å². The number of benzene rings is 1. The molecule has 0 saturated carbocycles. The van der Waals surface area contributed by atoms with Gasteiger partial charge in [-0.3, -0.25) is 9.59 Å². The van der Waals surface area contributed by atoms with Crippen LogP contribution in [0.25, 0.3) is 0 Å². The van der Waals surface area contributed by atoms with Crippen LogP contribution in [-0.2, 0) is 11.2 Å². The molecule has 21 heavy (non-hydrogen) atoms. The summed E-state index contributed by atoms with van der Waals surface area (Å²) >= 11 is 1.46. The molecule has 108 valence electrons. The lowest BCUT2D eigenvalue weighted by molar-refractivity contribution is -0.120. The highest BCUT2D eigenvalue weighted by Gasteiger charge is 2.27. The highest BCUT2D eigenvalue weighted by atomic mass is 32.1. The van der Waals surface area contributed by atoms with Crippen molar-refractivity contribution in [2.45, 2.75) is 12.4 Å². The maximum absolute atomic E-state index is 12.0. The second-order valence-corrected chi connectivity index (χ2v) is 5.54. The predicted octanol–water partition coefficient (Wildman–Crippen LogP) is 0.973. The first-order valence-corrected chi connectivity index (χ1v) is 7.21. The van der Waals surface area contributed by atoms with Crippen molar-refractivity contribution in [1.82, 2.24) is 5.32 Å². The summed E-state index contributed by atoms with van der Waals surface area (Å²) in [6.45, 7) is 0. The van der Waals surface area contributed by atoms with E-state index in [-0.39, 0.29) is 12.3 Å². The molecule has 1 atom stereocenters. The summed E-state index contributed by atoms with van der Waals surface area (Å²) in [5.74, 6) is -1.29. The van der Waals surface area contributed by atoms with Crippen LogP contribution >= 0.6 is 11.3 Å². The van der Waals surface area contributed by atoms with Gasteiger partial charge in [-0.25, -0.2) is 0 Å². The van der Waals surface area contributed by atoms with E-state index in [1.54, 1.807) is 18.2 Å². The second-order valence-electron chi connectivity index (χ2n) is 4.50. The fourth-order valence-electron chi connectivity index (χ4n) is 1.95. The zero-order valence-corrected chi connectivity index (χ0v) is 11.9. The lowest BCUT2D eigenvalue weighted by atomic mass is 9.75. The predicted molar refractivity (Wildman–Crippen MR) is 80.9 cm³/mol. The highest BCUT2D eigenvalue weighted by molar-refractivity contribution is 7.10. The summed E-state index contributed by atoms with van der Waals surface area (Å²) < 4.78 is 0. The Morgan fingerprint density at radius 1 is 1.33 bits per heavy atom. The Bertz CT molecular complexity index is 615. The molecule has 0 saturated heterocycles. The quantitative estimate of drug-likeness (QED) is 0.548. The molecule has 0 fully saturated rings. The molecule has 1 amide bonds. The van der Waals surface area contributed by atoms with Crippen molar-refractivity contribution in [3.8, 4) is 0 Å². The van der Waals surface area contributed by atoms with E-state index in [9.17, 15) is 19.6 Å². The number of thiophene rings is 1. The van der Waals surface area contributed by atoms with E-state index in [0.29, 0.717) is 17.4 Å². The molecule has 3 N–H and O–H groups in total. The van der Waals surface area contributed by atoms with E-state index in [0.717, 1.165) is 4.88 Å². The number of hydrogen-bond acceptors (Lipinski definition) is 5. The van der Waals surface area contributed by atoms with Crippen molar-refractivity contribution < 1.29 is 19.6 Å². The largest absolute Gasteiger partial charge is 0.480 e. The molecule has 0 aliphatic rings. The first-order valence-electron chi connectivity index (χ1n) is 6.33. The molecule has 0 radical (unpaired) electrons. The van der Waals surface area contributed by atoms with Gasteiger partial charge in [0.2, 0.25) is 5.91 Å². The molecule has 5 nitrogen and oxygen atoms in total. The summed E-state index contributed by atoms with van der Waals surface area (Å²) in [6.07, 6.45) is 0.839. The molecular weight excluding hydrogens is 289 g/mol. The minimum Gasteiger partial charge on any atom is -0.426 e. The minimum absolute atomic E-state index is 0.175. The minimum atomic E-state index is -1.75. The average Bonchev–Trinajstić information content (AvgIpc) is 2.97. The van der Waals surface area contributed by atoms with Gasteiger partial charge in [0.05, 0.1) is 12.4 Å². The number of hydrogen-bond donors (Lipinski definition) is 3. The van der Waals surface area contributed by atoms with Gasteiger partial charge in [-0.1, -0.05) is 24.3 Å². The Labute approximate surface area is 126 Å². The molecule has 7 heteroatoms. The van der Waals surface area contributed by atoms with Gasteiger partial charge in [-0.2, -0.15) is 0 Å². The Kier molecular flexibility index (Phi) is 5.27. The van der Waals surface area contributed by atoms with Crippen LogP contribution in [0.5, 0.6) is 0 Å². The number of nitrogens with one attached hydrogen (secondary N) is 1. The van der Waals surface area contributed by atoms with Crippen molar-refractivity contribution in [1.29, 1.82) is 0 Å². The standard InChI is InChI=1S/C14H14BNO4S/c17-9-10-3-1-4-11(7-10)14(15(19)20)16-13(18)8-12-5-2-6-21-12/h1-7,9,14,19-20H,8H2,(H,16,18). The Balaban J connectivity index is 2.11. The number of carbonyl (C=O) groups excluding carboxylic acids is 2. The summed E-state index contributed by atoms with van der Waals surface area (Å²) in [5.41, 5.74) is 0.875. The molecule has 2 rings (SSSR count). The fourth-order valence-corrected chi connectivity index (χ4v) is 2.66. The Morgan fingerprint density at radius 3 is 2.76 bits per heavy atom. The maximum atomic E-state index is 12.0. The molecular formula is C14H14BNO4S. The number of rotatable bonds is 6. The van der Waals surface area contributed by atoms with Crippen LogP contribution in [0.4, 0.5) is 0 Å². The molecule has 1 unspecified atom stereocenters. The molecule has 0 bridgehead atoms. The van der Waals surface area contributed by atoms with Crippen molar-refractivity contribution in [2.24, 2.45) is 0 Å². The first kappa shape index (κ1) is 15.4. The van der Waals surface area contributed by atoms with Crippen LogP contribution < -0.4 is 5.32 Å². The fraction of sp³-hybridized carbons (Fsp3) is 0.143. The SMILES string of the molecule is O=Cc1cccc(C(NC(=O)Cc2cccs2)B(O)O)c1. The summed E-state index contributed by atoms with van der Waals surface area (Å²) in [7, 11) is -1.75. The number of amides is 1. The molecule has 2 aromatic rings. The topological polar surface area (TPSA) is 86.6 Å². The molecule has 0 aliphatic heterocycles. The van der Waals surface area contributed by atoms with Crippen molar-refractivity contribution in [3.05, 3.63) is 57.8 Å². The van der Waals surface area contributed by atoms with Crippen LogP contribution in [0.15, 0.2) is 41.8 Å². The van der Waals surface area contributed by atoms with Crippen LogP contribution in [-0.4, -0.2) is 29.4 Å². The number of carbonyl (C=O) groups is 2. The van der Waals surface area contributed by atoms with Gasteiger partial charge in [0, 0.05) is 10.4 Å². The van der Waals surface area contributed by atoms with E-state index >= 15 is 0 Å². The zero-order valence-electron chi connectivity index (χ0n) is 11.1. The first-order chi connectivity index (χ1) is 10.1. The monoisotopic (exact) mass is 303 g/mol. The maximum Gasteiger partial charge on any atom is 0.480 e. The normalized spacial score (nSPS) is 11.7. The third-order valence-electron chi connectivity index (χ3n) is 2.94. The van der Waals surface area contributed by atoms with Gasteiger partial charge in [-0.15, -0.1) is 11.3 Å². The smallest absolute Gasteiger partial charge is 0.426 e. The summed E-state index contributed by atoms with van der Waals surface area (Å²) in [5, 5.41) is 23.4. The van der Waals surface area contributed by atoms with E-state index in [2.05, 4.69) is 5.32 Å². The van der Waals surface area contributed by atoms with E-state index < -0.39 is 13.1 Å². The Hall–Kier alpha value is -1.96. The van der Waals surface area contributed by atoms with Gasteiger partial charge in [0.25, 0.3) is 0 Å². The van der Waals surface area contributed by atoms with Crippen LogP contribution in [0, 0.1) is 0 Å². The van der Waals surface area contributed by atoms with E-state index in [1.165, 1.54) is 17.4 Å². The van der Waals surface area contributed by atoms with Crippen molar-refractivity contribution in [2.75, 3.05) is 0 Å². The van der Waals surface area contributed by atoms with Crippen LogP contribution in [0.2, 0.25) is 0 Å². The third-order valence-corrected chi connectivity index (χ3v) is 3.81. The van der Waals surface area contributed by atoms with Gasteiger partial charge in [-0.05, 0) is 23.1 Å². The molecule has 1 aromatic heterocycles. The number of aldehydes is 1. The van der Waals surface area contributed by atoms with E-state index in [1.807, 2.05) is 17.5 Å². The zero-order chi connectivity index (χ0) is 15.2. The lowest BCUT2D eigenvalue weighted by Gasteiger charge is -2.18. The summed E-state index contributed by atoms with van der Waals surface area (Å²) in [6, 6.07) is 10.1. The van der Waals surface area contributed by atoms with E-state index in [4.69, 9.17) is 0 Å². The van der Waals surface area contributed by atoms with Crippen LogP contribution in [0.1, 0.15) is 26.7 Å². The Morgan fingerprint density at radius 2 is 2.14 bits per heavy atom. The molecule has 1 heterocycles. The molecule has 1 aromatic carbocycles. The third kappa shape index (κ3) is 4.25. The van der Waals surface area contributed by atoms with Crippen molar-refractivity contribution in [3.63, 3.8) is 0 Å².